The van der Waals surface area contributed by atoms with Crippen molar-refractivity contribution in [3.63, 3.8) is 0 Å². The Bertz CT molecular complexity index is 1940. The molecule has 0 fully saturated rings. The van der Waals surface area contributed by atoms with Crippen molar-refractivity contribution in [3.05, 3.63) is 130 Å². The van der Waals surface area contributed by atoms with Crippen LogP contribution in [0.5, 0.6) is 0 Å². The summed E-state index contributed by atoms with van der Waals surface area (Å²) in [6.07, 6.45) is -0.755. The third kappa shape index (κ3) is 10.9. The molecule has 0 aromatic heterocycles. The maximum Gasteiger partial charge on any atom is 0.416 e. The number of allylic oxidation sites excluding steroid dienone is 1. The van der Waals surface area contributed by atoms with Crippen LogP contribution < -0.4 is 5.32 Å². The van der Waals surface area contributed by atoms with Gasteiger partial charge in [0.2, 0.25) is 5.91 Å². The fourth-order valence-corrected chi connectivity index (χ4v) is 5.64. The molecule has 4 rings (SSSR count). The van der Waals surface area contributed by atoms with E-state index in [4.69, 9.17) is 4.55 Å². The average molecular weight is 714 g/mol. The fraction of sp³-hybridized carbons (Fsp3) is 0.263. The molecule has 0 heterocycles. The number of hydrogen-bond donors (Lipinski definition) is 2. The predicted octanol–water partition coefficient (Wildman–Crippen LogP) is 9.53. The third-order valence-electron chi connectivity index (χ3n) is 7.76. The Morgan fingerprint density at radius 1 is 0.860 bits per heavy atom. The first kappa shape index (κ1) is 38.1. The van der Waals surface area contributed by atoms with E-state index in [2.05, 4.69) is 32.2 Å². The SMILES string of the molecule is CC(C)(C)/C=C/c1ccc(C(Cc2ccc(C(=O)CCCS(=O)(=O)O)cc2)C(=O)Nc2ccc(-c3c(F)cc(C(F)(F)F)cc3F)cc2)cc1. The van der Waals surface area contributed by atoms with Crippen molar-refractivity contribution in [2.24, 2.45) is 5.41 Å². The molecule has 1 amide bonds. The molecule has 4 aromatic rings. The standard InChI is InChI=1S/C38H36F5NO5S/c1-37(2,3)19-18-24-6-10-26(11-7-24)31(21-25-8-12-27(13-9-25)34(45)5-4-20-50(47,48)49)36(46)44-30-16-14-28(15-17-30)35-32(39)22-29(23-33(35)40)38(41,42)43/h6-19,22-23,31H,4-5,20-21H2,1-3H3,(H,44,46)(H,47,48,49)/b19-18+. The lowest BCUT2D eigenvalue weighted by atomic mass is 9.89. The van der Waals surface area contributed by atoms with Gasteiger partial charge in [-0.3, -0.25) is 14.1 Å². The van der Waals surface area contributed by atoms with Crippen molar-refractivity contribution in [1.82, 2.24) is 0 Å². The molecule has 264 valence electrons. The normalized spacial score (nSPS) is 13.0. The van der Waals surface area contributed by atoms with Crippen LogP contribution in [0.3, 0.4) is 0 Å². The van der Waals surface area contributed by atoms with Crippen molar-refractivity contribution in [3.8, 4) is 11.1 Å². The van der Waals surface area contributed by atoms with Crippen molar-refractivity contribution in [2.45, 2.75) is 52.1 Å². The molecular weight excluding hydrogens is 677 g/mol. The number of amides is 1. The lowest BCUT2D eigenvalue weighted by Gasteiger charge is -2.19. The molecule has 0 radical (unpaired) electrons. The first-order valence-corrected chi connectivity index (χ1v) is 17.2. The van der Waals surface area contributed by atoms with Crippen LogP contribution in [-0.2, 0) is 27.5 Å². The highest BCUT2D eigenvalue weighted by Gasteiger charge is 2.33. The number of halogens is 5. The zero-order chi connectivity index (χ0) is 36.9. The van der Waals surface area contributed by atoms with Crippen molar-refractivity contribution in [2.75, 3.05) is 11.1 Å². The van der Waals surface area contributed by atoms with E-state index in [1.54, 1.807) is 24.3 Å². The van der Waals surface area contributed by atoms with Crippen LogP contribution in [0.2, 0.25) is 0 Å². The number of alkyl halides is 3. The Labute approximate surface area is 287 Å². The molecular formula is C38H36F5NO5S. The molecule has 0 bridgehead atoms. The smallest absolute Gasteiger partial charge is 0.326 e. The summed E-state index contributed by atoms with van der Waals surface area (Å²) >= 11 is 0. The van der Waals surface area contributed by atoms with Gasteiger partial charge in [0.05, 0.1) is 22.8 Å². The highest BCUT2D eigenvalue weighted by molar-refractivity contribution is 7.85. The van der Waals surface area contributed by atoms with Crippen LogP contribution in [-0.4, -0.2) is 30.4 Å². The average Bonchev–Trinajstić information content (AvgIpc) is 3.02. The molecule has 0 saturated carbocycles. The highest BCUT2D eigenvalue weighted by atomic mass is 32.2. The van der Waals surface area contributed by atoms with Crippen LogP contribution in [0.4, 0.5) is 27.6 Å². The number of carbonyl (C=O) groups excluding carboxylic acids is 2. The number of benzene rings is 4. The second-order valence-corrected chi connectivity index (χ2v) is 14.6. The molecule has 0 aliphatic carbocycles. The summed E-state index contributed by atoms with van der Waals surface area (Å²) in [5, 5.41) is 2.81. The first-order valence-electron chi connectivity index (χ1n) is 15.6. The second-order valence-electron chi connectivity index (χ2n) is 13.0. The van der Waals surface area contributed by atoms with Gasteiger partial charge >= 0.3 is 6.18 Å². The van der Waals surface area contributed by atoms with Gasteiger partial charge in [-0.2, -0.15) is 21.6 Å². The van der Waals surface area contributed by atoms with E-state index in [0.717, 1.165) is 11.1 Å². The molecule has 2 N–H and O–H groups in total. The number of carbonyl (C=O) groups is 2. The van der Waals surface area contributed by atoms with Crippen LogP contribution in [0, 0.1) is 17.0 Å². The van der Waals surface area contributed by atoms with Crippen LogP contribution >= 0.6 is 0 Å². The summed E-state index contributed by atoms with van der Waals surface area (Å²) in [6, 6.07) is 19.8. The van der Waals surface area contributed by atoms with E-state index in [1.165, 1.54) is 24.3 Å². The van der Waals surface area contributed by atoms with E-state index >= 15 is 0 Å². The number of nitrogens with one attached hydrogen (secondary N) is 1. The maximum absolute atomic E-state index is 14.6. The van der Waals surface area contributed by atoms with Gasteiger partial charge in [-0.25, -0.2) is 8.78 Å². The van der Waals surface area contributed by atoms with E-state index in [-0.39, 0.29) is 53.8 Å². The maximum atomic E-state index is 14.6. The number of hydrogen-bond acceptors (Lipinski definition) is 4. The van der Waals surface area contributed by atoms with Crippen LogP contribution in [0.15, 0.2) is 91.0 Å². The van der Waals surface area contributed by atoms with Crippen molar-refractivity contribution >= 4 is 33.6 Å². The molecule has 0 spiro atoms. The molecule has 0 aliphatic rings. The fourth-order valence-electron chi connectivity index (χ4n) is 5.13. The van der Waals surface area contributed by atoms with Crippen molar-refractivity contribution < 1.29 is 44.5 Å². The van der Waals surface area contributed by atoms with Gasteiger partial charge in [0.25, 0.3) is 10.1 Å². The summed E-state index contributed by atoms with van der Waals surface area (Å²) in [6.45, 7) is 6.21. The molecule has 4 aromatic carbocycles. The third-order valence-corrected chi connectivity index (χ3v) is 8.57. The predicted molar refractivity (Wildman–Crippen MR) is 183 cm³/mol. The van der Waals surface area contributed by atoms with Gasteiger partial charge in [-0.1, -0.05) is 93.6 Å². The lowest BCUT2D eigenvalue weighted by Crippen LogP contribution is -2.23. The van der Waals surface area contributed by atoms with E-state index in [0.29, 0.717) is 11.1 Å². The van der Waals surface area contributed by atoms with Gasteiger partial charge in [0.1, 0.15) is 11.6 Å². The molecule has 12 heteroatoms. The molecule has 1 unspecified atom stereocenters. The second kappa shape index (κ2) is 15.5. The van der Waals surface area contributed by atoms with Crippen LogP contribution in [0.1, 0.15) is 72.1 Å². The topological polar surface area (TPSA) is 101 Å². The molecule has 0 saturated heterocycles. The van der Waals surface area contributed by atoms with Gasteiger partial charge < -0.3 is 5.32 Å². The Hall–Kier alpha value is -4.68. The molecule has 50 heavy (non-hydrogen) atoms. The highest BCUT2D eigenvalue weighted by Crippen LogP contribution is 2.35. The van der Waals surface area contributed by atoms with Gasteiger partial charge in [-0.05, 0) is 64.8 Å². The minimum atomic E-state index is -4.91. The quantitative estimate of drug-likeness (QED) is 0.0866. The summed E-state index contributed by atoms with van der Waals surface area (Å²) in [7, 11) is -4.17. The minimum Gasteiger partial charge on any atom is -0.326 e. The van der Waals surface area contributed by atoms with Crippen LogP contribution in [0.25, 0.3) is 17.2 Å². The van der Waals surface area contributed by atoms with E-state index < -0.39 is 56.6 Å². The Morgan fingerprint density at radius 3 is 1.96 bits per heavy atom. The Kier molecular flexibility index (Phi) is 11.8. The molecule has 1 atom stereocenters. The van der Waals surface area contributed by atoms with Gasteiger partial charge in [0.15, 0.2) is 5.78 Å². The zero-order valence-electron chi connectivity index (χ0n) is 27.5. The number of ketones is 1. The summed E-state index contributed by atoms with van der Waals surface area (Å²) in [4.78, 5) is 26.3. The number of anilines is 1. The summed E-state index contributed by atoms with van der Waals surface area (Å²) < 4.78 is 98.9. The van der Waals surface area contributed by atoms with E-state index in [9.17, 15) is 40.0 Å². The van der Waals surface area contributed by atoms with E-state index in [1.807, 2.05) is 30.3 Å². The Morgan fingerprint density at radius 2 is 1.44 bits per heavy atom. The zero-order valence-corrected chi connectivity index (χ0v) is 28.3. The number of rotatable bonds is 12. The monoisotopic (exact) mass is 713 g/mol. The molecule has 0 aliphatic heterocycles. The first-order chi connectivity index (χ1) is 23.3. The van der Waals surface area contributed by atoms with Gasteiger partial charge in [0, 0.05) is 17.7 Å². The number of Topliss-reactive ketones (excluding diaryl/α,β-unsaturated/α-hetero) is 1. The molecule has 6 nitrogen and oxygen atoms in total. The Balaban J connectivity index is 1.56. The summed E-state index contributed by atoms with van der Waals surface area (Å²) in [5.74, 6) is -4.71. The van der Waals surface area contributed by atoms with Gasteiger partial charge in [-0.15, -0.1) is 0 Å². The van der Waals surface area contributed by atoms with Crippen molar-refractivity contribution in [1.29, 1.82) is 0 Å². The lowest BCUT2D eigenvalue weighted by molar-refractivity contribution is -0.138. The minimum absolute atomic E-state index is 0.0187. The summed E-state index contributed by atoms with van der Waals surface area (Å²) in [5.41, 5.74) is 0.841. The largest absolute Gasteiger partial charge is 0.416 e.